The van der Waals surface area contributed by atoms with Gasteiger partial charge in [0.2, 0.25) is 0 Å². The lowest BCUT2D eigenvalue weighted by atomic mass is 10.2. The van der Waals surface area contributed by atoms with Crippen LogP contribution in [0.3, 0.4) is 0 Å². The summed E-state index contributed by atoms with van der Waals surface area (Å²) in [6.07, 6.45) is 0.894. The zero-order chi connectivity index (χ0) is 13.5. The Morgan fingerprint density at radius 3 is 2.89 bits per heavy atom. The van der Waals surface area contributed by atoms with Crippen LogP contribution in [0.15, 0.2) is 18.2 Å². The van der Waals surface area contributed by atoms with Crippen LogP contribution in [0.25, 0.3) is 0 Å². The summed E-state index contributed by atoms with van der Waals surface area (Å²) in [6.45, 7) is 4.37. The Kier molecular flexibility index (Phi) is 5.03. The van der Waals surface area contributed by atoms with E-state index < -0.39 is 0 Å². The predicted octanol–water partition coefficient (Wildman–Crippen LogP) is 1.50. The van der Waals surface area contributed by atoms with E-state index in [9.17, 15) is 4.79 Å². The summed E-state index contributed by atoms with van der Waals surface area (Å²) in [6, 6.07) is 5.81. The maximum atomic E-state index is 11.2. The quantitative estimate of drug-likeness (QED) is 0.818. The Morgan fingerprint density at radius 1 is 1.32 bits per heavy atom. The molecule has 0 saturated carbocycles. The average molecular weight is 265 g/mol. The van der Waals surface area contributed by atoms with Crippen molar-refractivity contribution in [1.29, 1.82) is 0 Å². The van der Waals surface area contributed by atoms with Gasteiger partial charge in [-0.1, -0.05) is 6.07 Å². The van der Waals surface area contributed by atoms with Crippen LogP contribution in [0, 0.1) is 0 Å². The van der Waals surface area contributed by atoms with E-state index >= 15 is 0 Å². The van der Waals surface area contributed by atoms with Crippen LogP contribution in [-0.2, 0) is 16.1 Å². The molecule has 0 fully saturated rings. The van der Waals surface area contributed by atoms with Crippen molar-refractivity contribution in [1.82, 2.24) is 5.32 Å². The van der Waals surface area contributed by atoms with Crippen LogP contribution in [0.4, 0.5) is 0 Å². The van der Waals surface area contributed by atoms with Gasteiger partial charge in [-0.25, -0.2) is 0 Å². The Balaban J connectivity index is 1.87. The molecule has 0 bridgehead atoms. The number of fused-ring (bicyclic) bond motifs is 1. The third-order valence-corrected chi connectivity index (χ3v) is 2.72. The third kappa shape index (κ3) is 4.13. The predicted molar refractivity (Wildman–Crippen MR) is 70.4 cm³/mol. The van der Waals surface area contributed by atoms with Crippen LogP contribution >= 0.6 is 0 Å². The summed E-state index contributed by atoms with van der Waals surface area (Å²) >= 11 is 0. The van der Waals surface area contributed by atoms with Crippen LogP contribution in [-0.4, -0.2) is 32.3 Å². The fourth-order valence-corrected chi connectivity index (χ4v) is 1.84. The van der Waals surface area contributed by atoms with E-state index in [4.69, 9.17) is 14.2 Å². The van der Waals surface area contributed by atoms with Crippen molar-refractivity contribution < 1.29 is 19.0 Å². The molecule has 104 valence electrons. The highest BCUT2D eigenvalue weighted by atomic mass is 16.5. The van der Waals surface area contributed by atoms with Crippen LogP contribution in [0.2, 0.25) is 0 Å². The third-order valence-electron chi connectivity index (χ3n) is 2.72. The molecule has 1 aliphatic rings. The Labute approximate surface area is 112 Å². The molecule has 0 saturated heterocycles. The molecule has 0 unspecified atom stereocenters. The number of carbonyl (C=O) groups excluding carboxylic acids is 1. The summed E-state index contributed by atoms with van der Waals surface area (Å²) < 4.78 is 16.0. The van der Waals surface area contributed by atoms with Crippen molar-refractivity contribution in [3.05, 3.63) is 23.8 Å². The van der Waals surface area contributed by atoms with Crippen LogP contribution < -0.4 is 14.8 Å². The molecule has 0 atom stereocenters. The van der Waals surface area contributed by atoms with Crippen LogP contribution in [0.5, 0.6) is 11.5 Å². The Morgan fingerprint density at radius 2 is 2.11 bits per heavy atom. The van der Waals surface area contributed by atoms with E-state index in [-0.39, 0.29) is 12.5 Å². The monoisotopic (exact) mass is 265 g/mol. The summed E-state index contributed by atoms with van der Waals surface area (Å²) in [4.78, 5) is 11.2. The molecular weight excluding hydrogens is 246 g/mol. The van der Waals surface area contributed by atoms with Crippen molar-refractivity contribution >= 4 is 5.97 Å². The Bertz CT molecular complexity index is 433. The molecule has 1 aromatic carbocycles. The largest absolute Gasteiger partial charge is 0.490 e. The molecule has 5 heteroatoms. The number of benzene rings is 1. The number of hydrogen-bond acceptors (Lipinski definition) is 5. The van der Waals surface area contributed by atoms with Gasteiger partial charge in [0, 0.05) is 13.0 Å². The smallest absolute Gasteiger partial charge is 0.319 e. The van der Waals surface area contributed by atoms with Gasteiger partial charge in [0.05, 0.1) is 26.4 Å². The molecule has 1 aliphatic heterocycles. The number of esters is 1. The zero-order valence-electron chi connectivity index (χ0n) is 11.1. The van der Waals surface area contributed by atoms with Crippen molar-refractivity contribution in [3.8, 4) is 11.5 Å². The van der Waals surface area contributed by atoms with Crippen molar-refractivity contribution in [3.63, 3.8) is 0 Å². The lowest BCUT2D eigenvalue weighted by molar-refractivity contribution is -0.142. The number of nitrogens with one attached hydrogen (secondary N) is 1. The maximum Gasteiger partial charge on any atom is 0.319 e. The molecule has 0 radical (unpaired) electrons. The van der Waals surface area contributed by atoms with E-state index in [2.05, 4.69) is 5.32 Å². The van der Waals surface area contributed by atoms with Crippen molar-refractivity contribution in [2.75, 3.05) is 26.4 Å². The molecule has 0 spiro atoms. The van der Waals surface area contributed by atoms with Gasteiger partial charge < -0.3 is 19.5 Å². The first-order valence-corrected chi connectivity index (χ1v) is 6.54. The van der Waals surface area contributed by atoms with Gasteiger partial charge in [0.1, 0.15) is 0 Å². The topological polar surface area (TPSA) is 56.8 Å². The standard InChI is InChI=1S/C14H19NO4/c1-2-17-14(16)10-15-9-11-4-5-12-13(8-11)19-7-3-6-18-12/h4-5,8,15H,2-3,6-7,9-10H2,1H3. The second-order valence-corrected chi connectivity index (χ2v) is 4.24. The fourth-order valence-electron chi connectivity index (χ4n) is 1.84. The molecule has 0 aromatic heterocycles. The molecule has 5 nitrogen and oxygen atoms in total. The normalized spacial score (nSPS) is 13.7. The van der Waals surface area contributed by atoms with Crippen molar-refractivity contribution in [2.24, 2.45) is 0 Å². The highest BCUT2D eigenvalue weighted by Gasteiger charge is 2.10. The lowest BCUT2D eigenvalue weighted by Crippen LogP contribution is -2.24. The van der Waals surface area contributed by atoms with Gasteiger partial charge in [-0.2, -0.15) is 0 Å². The lowest BCUT2D eigenvalue weighted by Gasteiger charge is -2.10. The highest BCUT2D eigenvalue weighted by Crippen LogP contribution is 2.30. The summed E-state index contributed by atoms with van der Waals surface area (Å²) in [5, 5.41) is 3.04. The van der Waals surface area contributed by atoms with E-state index in [0.29, 0.717) is 26.4 Å². The number of hydrogen-bond donors (Lipinski definition) is 1. The second-order valence-electron chi connectivity index (χ2n) is 4.24. The van der Waals surface area contributed by atoms with Gasteiger partial charge >= 0.3 is 5.97 Å². The molecule has 1 heterocycles. The zero-order valence-corrected chi connectivity index (χ0v) is 11.1. The molecule has 1 N–H and O–H groups in total. The molecule has 0 amide bonds. The minimum absolute atomic E-state index is 0.211. The van der Waals surface area contributed by atoms with E-state index in [1.54, 1.807) is 6.92 Å². The SMILES string of the molecule is CCOC(=O)CNCc1ccc2c(c1)OCCCO2. The molecule has 1 aromatic rings. The molecule has 2 rings (SSSR count). The van der Waals surface area contributed by atoms with Gasteiger partial charge in [0.15, 0.2) is 11.5 Å². The summed E-state index contributed by atoms with van der Waals surface area (Å²) in [7, 11) is 0. The van der Waals surface area contributed by atoms with E-state index in [0.717, 1.165) is 23.5 Å². The first-order chi connectivity index (χ1) is 9.29. The van der Waals surface area contributed by atoms with E-state index in [1.807, 2.05) is 18.2 Å². The molecule has 0 aliphatic carbocycles. The van der Waals surface area contributed by atoms with Gasteiger partial charge in [-0.15, -0.1) is 0 Å². The summed E-state index contributed by atoms with van der Waals surface area (Å²) in [5.74, 6) is 1.32. The minimum atomic E-state index is -0.239. The van der Waals surface area contributed by atoms with Crippen molar-refractivity contribution in [2.45, 2.75) is 19.9 Å². The minimum Gasteiger partial charge on any atom is -0.490 e. The highest BCUT2D eigenvalue weighted by molar-refractivity contribution is 5.71. The maximum absolute atomic E-state index is 11.2. The van der Waals surface area contributed by atoms with Crippen LogP contribution in [0.1, 0.15) is 18.9 Å². The average Bonchev–Trinajstić information content (AvgIpc) is 2.63. The number of carbonyl (C=O) groups is 1. The first-order valence-electron chi connectivity index (χ1n) is 6.54. The Hall–Kier alpha value is -1.75. The molecular formula is C14H19NO4. The van der Waals surface area contributed by atoms with E-state index in [1.165, 1.54) is 0 Å². The molecule has 19 heavy (non-hydrogen) atoms. The van der Waals surface area contributed by atoms with Gasteiger partial charge in [0.25, 0.3) is 0 Å². The summed E-state index contributed by atoms with van der Waals surface area (Å²) in [5.41, 5.74) is 1.05. The van der Waals surface area contributed by atoms with Gasteiger partial charge in [-0.05, 0) is 24.6 Å². The first kappa shape index (κ1) is 13.7. The second kappa shape index (κ2) is 6.99. The number of rotatable bonds is 5. The van der Waals surface area contributed by atoms with Gasteiger partial charge in [-0.3, -0.25) is 4.79 Å². The number of ether oxygens (including phenoxy) is 3. The fraction of sp³-hybridized carbons (Fsp3) is 0.500.